The molecule has 2 N–H and O–H groups in total. The lowest BCUT2D eigenvalue weighted by atomic mass is 10.1. The summed E-state index contributed by atoms with van der Waals surface area (Å²) >= 11 is 0. The summed E-state index contributed by atoms with van der Waals surface area (Å²) in [4.78, 5) is 2.14. The third kappa shape index (κ3) is 16.3. The quantitative estimate of drug-likeness (QED) is 0.104. The highest BCUT2D eigenvalue weighted by Gasteiger charge is 2.03. The van der Waals surface area contributed by atoms with Crippen LogP contribution in [0.5, 0.6) is 11.5 Å². The molecule has 7 nitrogen and oxygen atoms in total. The Kier molecular flexibility index (Phi) is 18.8. The fourth-order valence-corrected chi connectivity index (χ4v) is 4.33. The van der Waals surface area contributed by atoms with Crippen molar-refractivity contribution >= 4 is 11.4 Å². The summed E-state index contributed by atoms with van der Waals surface area (Å²) < 4.78 is 11.6. The second-order valence-corrected chi connectivity index (χ2v) is 10.1. The van der Waals surface area contributed by atoms with Gasteiger partial charge in [-0.1, -0.05) is 64.7 Å². The molecule has 7 heteroatoms. The highest BCUT2D eigenvalue weighted by atomic mass is 16.5. The molecule has 39 heavy (non-hydrogen) atoms. The first-order chi connectivity index (χ1) is 19.2. The Morgan fingerprint density at radius 3 is 1.38 bits per heavy atom. The molecule has 0 aliphatic rings. The number of aliphatic hydroxyl groups excluding tert-OH is 2. The van der Waals surface area contributed by atoms with Crippen LogP contribution in [0.2, 0.25) is 0 Å². The van der Waals surface area contributed by atoms with Crippen LogP contribution in [0.15, 0.2) is 58.8 Å². The summed E-state index contributed by atoms with van der Waals surface area (Å²) in [5.74, 6) is 1.74. The van der Waals surface area contributed by atoms with Crippen LogP contribution in [0.3, 0.4) is 0 Å². The molecular weight excluding hydrogens is 490 g/mol. The van der Waals surface area contributed by atoms with E-state index in [2.05, 4.69) is 22.1 Å². The average molecular weight is 542 g/mol. The van der Waals surface area contributed by atoms with Gasteiger partial charge in [-0.25, -0.2) is 0 Å². The van der Waals surface area contributed by atoms with Gasteiger partial charge in [0, 0.05) is 13.1 Å². The molecule has 0 amide bonds. The largest absolute Gasteiger partial charge is 0.494 e. The van der Waals surface area contributed by atoms with E-state index < -0.39 is 0 Å². The third-order valence-electron chi connectivity index (χ3n) is 6.69. The minimum atomic E-state index is 0.166. The summed E-state index contributed by atoms with van der Waals surface area (Å²) in [7, 11) is 0. The maximum atomic E-state index is 9.05. The second-order valence-electron chi connectivity index (χ2n) is 10.1. The van der Waals surface area contributed by atoms with Gasteiger partial charge in [0.2, 0.25) is 0 Å². The average Bonchev–Trinajstić information content (AvgIpc) is 2.96. The number of unbranched alkanes of at least 4 members (excludes halogenated alkanes) is 10. The molecule has 2 aromatic carbocycles. The van der Waals surface area contributed by atoms with Crippen molar-refractivity contribution in [2.75, 3.05) is 46.1 Å². The van der Waals surface area contributed by atoms with E-state index in [9.17, 15) is 0 Å². The fraction of sp³-hybridized carbons (Fsp3) is 0.625. The SMILES string of the molecule is CCCCOc1ccc(N=Nc2ccc(OCCCCCCCCCCCCN(CCO)CCO)cc2)cc1. The van der Waals surface area contributed by atoms with E-state index >= 15 is 0 Å². The van der Waals surface area contributed by atoms with E-state index in [-0.39, 0.29) is 13.2 Å². The number of hydrogen-bond donors (Lipinski definition) is 2. The smallest absolute Gasteiger partial charge is 0.119 e. The first-order valence-corrected chi connectivity index (χ1v) is 15.1. The van der Waals surface area contributed by atoms with Crippen LogP contribution >= 0.6 is 0 Å². The number of hydrogen-bond acceptors (Lipinski definition) is 7. The zero-order chi connectivity index (χ0) is 27.8. The van der Waals surface area contributed by atoms with Gasteiger partial charge in [-0.3, -0.25) is 4.90 Å². The zero-order valence-electron chi connectivity index (χ0n) is 24.1. The lowest BCUT2D eigenvalue weighted by molar-refractivity contribution is 0.159. The van der Waals surface area contributed by atoms with Crippen molar-refractivity contribution in [1.82, 2.24) is 4.90 Å². The Hall–Kier alpha value is -2.48. The Bertz CT molecular complexity index is 853. The lowest BCUT2D eigenvalue weighted by Crippen LogP contribution is -2.30. The van der Waals surface area contributed by atoms with Gasteiger partial charge in [-0.15, -0.1) is 0 Å². The molecule has 0 heterocycles. The molecule has 0 spiro atoms. The van der Waals surface area contributed by atoms with Crippen molar-refractivity contribution in [3.05, 3.63) is 48.5 Å². The number of ether oxygens (including phenoxy) is 2. The van der Waals surface area contributed by atoms with Gasteiger partial charge in [-0.2, -0.15) is 10.2 Å². The van der Waals surface area contributed by atoms with Crippen LogP contribution < -0.4 is 9.47 Å². The van der Waals surface area contributed by atoms with Crippen LogP contribution in [-0.4, -0.2) is 61.2 Å². The minimum Gasteiger partial charge on any atom is -0.494 e. The maximum absolute atomic E-state index is 9.05. The van der Waals surface area contributed by atoms with Crippen molar-refractivity contribution < 1.29 is 19.7 Å². The Labute approximate surface area is 236 Å². The molecule has 0 fully saturated rings. The summed E-state index contributed by atoms with van der Waals surface area (Å²) in [6.45, 7) is 6.28. The molecule has 218 valence electrons. The lowest BCUT2D eigenvalue weighted by Gasteiger charge is -2.19. The van der Waals surface area contributed by atoms with E-state index in [1.54, 1.807) is 0 Å². The van der Waals surface area contributed by atoms with E-state index in [1.807, 2.05) is 48.5 Å². The predicted molar refractivity (Wildman–Crippen MR) is 160 cm³/mol. The molecule has 2 aromatic rings. The molecule has 0 saturated heterocycles. The van der Waals surface area contributed by atoms with Gasteiger partial charge in [0.15, 0.2) is 0 Å². The summed E-state index contributed by atoms with van der Waals surface area (Å²) in [5.41, 5.74) is 1.60. The van der Waals surface area contributed by atoms with E-state index in [4.69, 9.17) is 19.7 Å². The van der Waals surface area contributed by atoms with Gasteiger partial charge in [0.25, 0.3) is 0 Å². The second kappa shape index (κ2) is 22.3. The van der Waals surface area contributed by atoms with Crippen molar-refractivity contribution in [2.45, 2.75) is 84.0 Å². The van der Waals surface area contributed by atoms with Gasteiger partial charge >= 0.3 is 0 Å². The third-order valence-corrected chi connectivity index (χ3v) is 6.69. The van der Waals surface area contributed by atoms with Crippen molar-refractivity contribution in [1.29, 1.82) is 0 Å². The Balaban J connectivity index is 1.46. The van der Waals surface area contributed by atoms with Crippen molar-refractivity contribution in [3.63, 3.8) is 0 Å². The number of benzene rings is 2. The van der Waals surface area contributed by atoms with Gasteiger partial charge in [-0.05, 0) is 74.3 Å². The van der Waals surface area contributed by atoms with Crippen LogP contribution in [0.1, 0.15) is 84.0 Å². The van der Waals surface area contributed by atoms with Crippen molar-refractivity contribution in [2.24, 2.45) is 10.2 Å². The topological polar surface area (TPSA) is 86.9 Å². The number of nitrogens with zero attached hydrogens (tertiary/aromatic N) is 3. The first-order valence-electron chi connectivity index (χ1n) is 15.1. The minimum absolute atomic E-state index is 0.166. The van der Waals surface area contributed by atoms with E-state index in [0.717, 1.165) is 68.3 Å². The highest BCUT2D eigenvalue weighted by molar-refractivity contribution is 5.44. The highest BCUT2D eigenvalue weighted by Crippen LogP contribution is 2.23. The summed E-state index contributed by atoms with van der Waals surface area (Å²) in [6.07, 6.45) is 14.6. The zero-order valence-corrected chi connectivity index (χ0v) is 24.1. The molecule has 0 radical (unpaired) electrons. The Morgan fingerprint density at radius 1 is 0.538 bits per heavy atom. The summed E-state index contributed by atoms with van der Waals surface area (Å²) in [5, 5.41) is 26.7. The molecule has 0 atom stereocenters. The molecule has 0 aliphatic heterocycles. The van der Waals surface area contributed by atoms with Gasteiger partial charge in [0.1, 0.15) is 11.5 Å². The Morgan fingerprint density at radius 2 is 0.949 bits per heavy atom. The number of azo groups is 1. The standard InChI is InChI=1S/C32H51N3O4/c1-2-3-27-38-31-18-14-29(15-19-31)33-34-30-16-20-32(21-17-30)39-28-13-11-9-7-5-4-6-8-10-12-22-35(23-25-36)24-26-37/h14-21,36-37H,2-13,22-28H2,1H3. The monoisotopic (exact) mass is 541 g/mol. The molecule has 0 bridgehead atoms. The van der Waals surface area contributed by atoms with E-state index in [0.29, 0.717) is 13.1 Å². The molecular formula is C32H51N3O4. The van der Waals surface area contributed by atoms with Crippen LogP contribution in [0.4, 0.5) is 11.4 Å². The van der Waals surface area contributed by atoms with Crippen LogP contribution in [0, 0.1) is 0 Å². The van der Waals surface area contributed by atoms with Gasteiger partial charge in [0.05, 0.1) is 37.8 Å². The van der Waals surface area contributed by atoms with E-state index in [1.165, 1.54) is 51.4 Å². The van der Waals surface area contributed by atoms with Crippen LogP contribution in [0.25, 0.3) is 0 Å². The first kappa shape index (κ1) is 32.7. The number of rotatable bonds is 24. The van der Waals surface area contributed by atoms with Gasteiger partial charge < -0.3 is 19.7 Å². The maximum Gasteiger partial charge on any atom is 0.119 e. The van der Waals surface area contributed by atoms with Crippen molar-refractivity contribution in [3.8, 4) is 11.5 Å². The molecule has 0 aromatic heterocycles. The fourth-order valence-electron chi connectivity index (χ4n) is 4.33. The van der Waals surface area contributed by atoms with Crippen LogP contribution in [-0.2, 0) is 0 Å². The molecule has 2 rings (SSSR count). The predicted octanol–water partition coefficient (Wildman–Crippen LogP) is 7.85. The molecule has 0 unspecified atom stereocenters. The number of aliphatic hydroxyl groups is 2. The molecule has 0 saturated carbocycles. The summed E-state index contributed by atoms with van der Waals surface area (Å²) in [6, 6.07) is 15.5. The normalized spacial score (nSPS) is 11.5. The molecule has 0 aliphatic carbocycles.